The molecular weight excluding hydrogens is 390 g/mol. The number of hydrogen-bond donors (Lipinski definition) is 0. The number of nitrogens with zero attached hydrogens (tertiary/aromatic N) is 5. The Morgan fingerprint density at radius 2 is 1.83 bits per heavy atom. The minimum atomic E-state index is -0.182. The molecule has 8 heteroatoms. The first kappa shape index (κ1) is 19.3. The normalized spacial score (nSPS) is 16.2. The highest BCUT2D eigenvalue weighted by Crippen LogP contribution is 2.24. The number of benzene rings is 2. The van der Waals surface area contributed by atoms with E-state index in [1.165, 1.54) is 9.25 Å². The maximum Gasteiger partial charge on any atom is 0.347 e. The number of ether oxygens (including phenoxy) is 1. The molecule has 0 N–H and O–H groups in total. The fourth-order valence-electron chi connectivity index (χ4n) is 3.41. The van der Waals surface area contributed by atoms with Crippen LogP contribution in [0.25, 0.3) is 0 Å². The van der Waals surface area contributed by atoms with E-state index in [1.807, 2.05) is 48.5 Å². The van der Waals surface area contributed by atoms with Gasteiger partial charge in [-0.05, 0) is 35.4 Å². The van der Waals surface area contributed by atoms with Gasteiger partial charge in [-0.3, -0.25) is 4.57 Å². The van der Waals surface area contributed by atoms with Gasteiger partial charge in [0.2, 0.25) is 5.95 Å². The number of anilines is 1. The van der Waals surface area contributed by atoms with Gasteiger partial charge in [-0.25, -0.2) is 14.5 Å². The number of hydrogen-bond acceptors (Lipinski definition) is 5. The van der Waals surface area contributed by atoms with Crippen LogP contribution < -0.4 is 15.4 Å². The molecule has 29 heavy (non-hydrogen) atoms. The number of methoxy groups -OCH3 is 1. The van der Waals surface area contributed by atoms with Crippen molar-refractivity contribution < 1.29 is 4.74 Å². The summed E-state index contributed by atoms with van der Waals surface area (Å²) in [5.41, 5.74) is 2.77. The molecule has 0 unspecified atom stereocenters. The van der Waals surface area contributed by atoms with Gasteiger partial charge >= 0.3 is 5.69 Å². The predicted octanol–water partition coefficient (Wildman–Crippen LogP) is 3.15. The molecule has 0 fully saturated rings. The smallest absolute Gasteiger partial charge is 0.347 e. The first-order valence-electron chi connectivity index (χ1n) is 9.35. The Morgan fingerprint density at radius 3 is 2.48 bits per heavy atom. The lowest BCUT2D eigenvalue weighted by Gasteiger charge is -2.11. The Morgan fingerprint density at radius 1 is 1.14 bits per heavy atom. The molecule has 7 nitrogen and oxygen atoms in total. The largest absolute Gasteiger partial charge is 0.497 e. The highest BCUT2D eigenvalue weighted by molar-refractivity contribution is 6.30. The zero-order valence-corrected chi connectivity index (χ0v) is 17.3. The lowest BCUT2D eigenvalue weighted by Crippen LogP contribution is -2.25. The minimum absolute atomic E-state index is 0.182. The van der Waals surface area contributed by atoms with E-state index in [1.54, 1.807) is 19.2 Å². The van der Waals surface area contributed by atoms with Crippen molar-refractivity contribution in [2.45, 2.75) is 13.5 Å². The van der Waals surface area contributed by atoms with Crippen LogP contribution in [-0.4, -0.2) is 33.7 Å². The Hall–Kier alpha value is -3.06. The molecule has 0 saturated carbocycles. The Labute approximate surface area is 173 Å². The van der Waals surface area contributed by atoms with E-state index in [0.717, 1.165) is 22.6 Å². The van der Waals surface area contributed by atoms with Crippen LogP contribution in [0.1, 0.15) is 18.1 Å². The molecule has 1 aliphatic heterocycles. The fraction of sp³-hybridized carbons (Fsp3) is 0.286. The van der Waals surface area contributed by atoms with Crippen molar-refractivity contribution in [3.05, 3.63) is 75.2 Å². The third-order valence-corrected chi connectivity index (χ3v) is 5.27. The van der Waals surface area contributed by atoms with Crippen molar-refractivity contribution in [1.82, 2.24) is 14.3 Å². The monoisotopic (exact) mass is 411 g/mol. The summed E-state index contributed by atoms with van der Waals surface area (Å²) in [6.45, 7) is 3.15. The van der Waals surface area contributed by atoms with Crippen molar-refractivity contribution in [3.8, 4) is 5.75 Å². The van der Waals surface area contributed by atoms with E-state index < -0.39 is 0 Å². The summed E-state index contributed by atoms with van der Waals surface area (Å²) < 4.78 is 8.17. The molecule has 0 spiro atoms. The van der Waals surface area contributed by atoms with Crippen molar-refractivity contribution >= 4 is 23.3 Å². The van der Waals surface area contributed by atoms with Crippen LogP contribution in [0, 0.1) is 5.92 Å². The van der Waals surface area contributed by atoms with E-state index in [-0.39, 0.29) is 11.6 Å². The van der Waals surface area contributed by atoms with Crippen LogP contribution in [0.5, 0.6) is 5.75 Å². The van der Waals surface area contributed by atoms with E-state index in [9.17, 15) is 4.79 Å². The molecule has 0 amide bonds. The highest BCUT2D eigenvalue weighted by Gasteiger charge is 2.28. The molecule has 1 atom stereocenters. The number of aromatic nitrogens is 3. The summed E-state index contributed by atoms with van der Waals surface area (Å²) in [4.78, 5) is 12.7. The van der Waals surface area contributed by atoms with Gasteiger partial charge in [0.25, 0.3) is 0 Å². The minimum Gasteiger partial charge on any atom is -0.497 e. The number of hydrazone groups is 1. The summed E-state index contributed by atoms with van der Waals surface area (Å²) in [6, 6.07) is 15.2. The average molecular weight is 412 g/mol. The summed E-state index contributed by atoms with van der Waals surface area (Å²) in [6.07, 6.45) is 0. The van der Waals surface area contributed by atoms with Crippen LogP contribution in [0.3, 0.4) is 0 Å². The molecule has 4 rings (SSSR count). The van der Waals surface area contributed by atoms with Crippen LogP contribution >= 0.6 is 11.6 Å². The SMILES string of the molecule is COc1ccc(Cn2nc(N3C[C@@H](C)C(c4ccc(Cl)cc4)=N3)n(C)c2=O)cc1. The van der Waals surface area contributed by atoms with Gasteiger partial charge < -0.3 is 4.74 Å². The molecule has 2 aromatic carbocycles. The Bertz CT molecular complexity index is 1100. The quantitative estimate of drug-likeness (QED) is 0.647. The Kier molecular flexibility index (Phi) is 5.15. The van der Waals surface area contributed by atoms with Gasteiger partial charge in [-0.2, -0.15) is 5.10 Å². The van der Waals surface area contributed by atoms with Gasteiger partial charge in [0.15, 0.2) is 0 Å². The third kappa shape index (κ3) is 3.78. The van der Waals surface area contributed by atoms with Crippen molar-refractivity contribution in [3.63, 3.8) is 0 Å². The summed E-state index contributed by atoms with van der Waals surface area (Å²) in [5.74, 6) is 1.51. The molecule has 1 aliphatic rings. The van der Waals surface area contributed by atoms with Gasteiger partial charge in [-0.15, -0.1) is 5.10 Å². The van der Waals surface area contributed by atoms with E-state index in [4.69, 9.17) is 21.4 Å². The topological polar surface area (TPSA) is 64.7 Å². The first-order valence-corrected chi connectivity index (χ1v) is 9.73. The zero-order chi connectivity index (χ0) is 20.5. The first-order chi connectivity index (χ1) is 14.0. The average Bonchev–Trinajstić information content (AvgIpc) is 3.24. The van der Waals surface area contributed by atoms with Crippen molar-refractivity contribution in [1.29, 1.82) is 0 Å². The molecule has 0 saturated heterocycles. The lowest BCUT2D eigenvalue weighted by atomic mass is 10.00. The molecule has 0 radical (unpaired) electrons. The van der Waals surface area contributed by atoms with E-state index >= 15 is 0 Å². The Balaban J connectivity index is 1.61. The molecule has 3 aromatic rings. The molecule has 0 aliphatic carbocycles. The maximum absolute atomic E-state index is 12.7. The maximum atomic E-state index is 12.7. The van der Waals surface area contributed by atoms with Gasteiger partial charge in [-0.1, -0.05) is 42.8 Å². The second kappa shape index (κ2) is 7.75. The van der Waals surface area contributed by atoms with Gasteiger partial charge in [0, 0.05) is 18.0 Å². The van der Waals surface area contributed by atoms with Crippen LogP contribution in [0.15, 0.2) is 58.4 Å². The summed E-state index contributed by atoms with van der Waals surface area (Å²) in [7, 11) is 3.34. The van der Waals surface area contributed by atoms with Gasteiger partial charge in [0.1, 0.15) is 5.75 Å². The highest BCUT2D eigenvalue weighted by atomic mass is 35.5. The van der Waals surface area contributed by atoms with Crippen LogP contribution in [-0.2, 0) is 13.6 Å². The molecule has 0 bridgehead atoms. The second-order valence-electron chi connectivity index (χ2n) is 7.12. The summed E-state index contributed by atoms with van der Waals surface area (Å²) in [5, 5.41) is 11.8. The third-order valence-electron chi connectivity index (χ3n) is 5.02. The molecular formula is C21H22ClN5O2. The van der Waals surface area contributed by atoms with E-state index in [2.05, 4.69) is 12.0 Å². The van der Waals surface area contributed by atoms with Crippen molar-refractivity contribution in [2.75, 3.05) is 18.7 Å². The molecule has 2 heterocycles. The standard InChI is InChI=1S/C21H22ClN5O2/c1-14-12-26(23-19(14)16-6-8-17(22)9-7-16)20-24-27(21(28)25(20)2)13-15-4-10-18(29-3)11-5-15/h4-11,14H,12-13H2,1-3H3/t14-/m1/s1. The van der Waals surface area contributed by atoms with E-state index in [0.29, 0.717) is 24.1 Å². The van der Waals surface area contributed by atoms with Crippen LogP contribution in [0.4, 0.5) is 5.95 Å². The zero-order valence-electron chi connectivity index (χ0n) is 16.5. The summed E-state index contributed by atoms with van der Waals surface area (Å²) >= 11 is 6.00. The molecule has 150 valence electrons. The number of rotatable bonds is 5. The second-order valence-corrected chi connectivity index (χ2v) is 7.56. The van der Waals surface area contributed by atoms with Crippen LogP contribution in [0.2, 0.25) is 5.02 Å². The van der Waals surface area contributed by atoms with Crippen molar-refractivity contribution in [2.24, 2.45) is 18.1 Å². The van der Waals surface area contributed by atoms with Gasteiger partial charge in [0.05, 0.1) is 25.9 Å². The molecule has 1 aromatic heterocycles. The predicted molar refractivity (Wildman–Crippen MR) is 114 cm³/mol. The fourth-order valence-corrected chi connectivity index (χ4v) is 3.54. The number of halogens is 1. The lowest BCUT2D eigenvalue weighted by molar-refractivity contribution is 0.414.